The second kappa shape index (κ2) is 7.31. The monoisotopic (exact) mass is 363 g/mol. The Hall–Kier alpha value is -2.94. The highest BCUT2D eigenvalue weighted by Gasteiger charge is 2.29. The summed E-state index contributed by atoms with van der Waals surface area (Å²) in [6.45, 7) is 1.45. The summed E-state index contributed by atoms with van der Waals surface area (Å²) in [5.74, 6) is -0.602. The molecule has 2 aromatic rings. The number of rotatable bonds is 6. The molecule has 0 aliphatic carbocycles. The van der Waals surface area contributed by atoms with Gasteiger partial charge >= 0.3 is 0 Å². The van der Waals surface area contributed by atoms with E-state index >= 15 is 0 Å². The molecular weight excluding hydrogens is 346 g/mol. The number of nitro benzene ring substituents is 1. The molecule has 9 heteroatoms. The molecule has 1 atom stereocenters. The second-order valence-corrected chi connectivity index (χ2v) is 7.23. The van der Waals surface area contributed by atoms with E-state index in [2.05, 4.69) is 5.32 Å². The van der Waals surface area contributed by atoms with E-state index < -0.39 is 26.9 Å². The molecule has 0 bridgehead atoms. The lowest BCUT2D eigenvalue weighted by atomic mass is 10.2. The summed E-state index contributed by atoms with van der Waals surface area (Å²) in [5.41, 5.74) is 0.396. The van der Waals surface area contributed by atoms with Crippen molar-refractivity contribution < 1.29 is 18.1 Å². The fraction of sp³-hybridized carbons (Fsp3) is 0.188. The van der Waals surface area contributed by atoms with E-state index in [1.165, 1.54) is 31.2 Å². The maximum atomic E-state index is 12.5. The lowest BCUT2D eigenvalue weighted by Gasteiger charge is -2.28. The molecule has 0 radical (unpaired) electrons. The number of amides is 1. The molecule has 0 saturated carbocycles. The maximum absolute atomic E-state index is 12.5. The Labute approximate surface area is 145 Å². The van der Waals surface area contributed by atoms with Gasteiger partial charge in [-0.05, 0) is 25.1 Å². The van der Waals surface area contributed by atoms with Gasteiger partial charge in [-0.1, -0.05) is 24.3 Å². The van der Waals surface area contributed by atoms with E-state index in [0.29, 0.717) is 5.69 Å². The number of hydrogen-bond donors (Lipinski definition) is 1. The van der Waals surface area contributed by atoms with Crippen LogP contribution in [0.25, 0.3) is 0 Å². The molecule has 2 aromatic carbocycles. The van der Waals surface area contributed by atoms with E-state index in [4.69, 9.17) is 0 Å². The number of benzene rings is 2. The smallest absolute Gasteiger partial charge is 0.271 e. The van der Waals surface area contributed by atoms with Crippen molar-refractivity contribution in [3.8, 4) is 0 Å². The fourth-order valence-electron chi connectivity index (χ4n) is 2.33. The van der Waals surface area contributed by atoms with Gasteiger partial charge in [0.15, 0.2) is 0 Å². The van der Waals surface area contributed by atoms with Crippen molar-refractivity contribution in [1.82, 2.24) is 0 Å². The normalized spacial score (nSPS) is 12.2. The molecule has 0 fully saturated rings. The van der Waals surface area contributed by atoms with Crippen molar-refractivity contribution in [2.45, 2.75) is 13.0 Å². The first kappa shape index (κ1) is 18.4. The molecule has 8 nitrogen and oxygen atoms in total. The third kappa shape index (κ3) is 4.54. The zero-order valence-electron chi connectivity index (χ0n) is 13.6. The number of non-ortho nitro benzene ring substituents is 1. The summed E-state index contributed by atoms with van der Waals surface area (Å²) >= 11 is 0. The van der Waals surface area contributed by atoms with Crippen molar-refractivity contribution in [3.05, 3.63) is 64.7 Å². The Balaban J connectivity index is 2.28. The van der Waals surface area contributed by atoms with Crippen molar-refractivity contribution in [1.29, 1.82) is 0 Å². The van der Waals surface area contributed by atoms with E-state index in [1.807, 2.05) is 0 Å². The minimum Gasteiger partial charge on any atom is -0.324 e. The maximum Gasteiger partial charge on any atom is 0.271 e. The number of para-hydroxylation sites is 1. The van der Waals surface area contributed by atoms with Crippen molar-refractivity contribution >= 4 is 33.0 Å². The summed E-state index contributed by atoms with van der Waals surface area (Å²) in [4.78, 5) is 22.7. The molecular formula is C16H17N3O5S. The number of carbonyl (C=O) groups is 1. The molecule has 25 heavy (non-hydrogen) atoms. The molecule has 0 heterocycles. The van der Waals surface area contributed by atoms with Crippen LogP contribution in [0.5, 0.6) is 0 Å². The first-order chi connectivity index (χ1) is 11.7. The van der Waals surface area contributed by atoms with Crippen LogP contribution in [0.4, 0.5) is 17.1 Å². The summed E-state index contributed by atoms with van der Waals surface area (Å²) in [5, 5.41) is 13.3. The zero-order chi connectivity index (χ0) is 18.6. The third-order valence-electron chi connectivity index (χ3n) is 3.42. The van der Waals surface area contributed by atoms with Crippen molar-refractivity contribution in [2.75, 3.05) is 15.9 Å². The van der Waals surface area contributed by atoms with Gasteiger partial charge in [-0.25, -0.2) is 8.42 Å². The van der Waals surface area contributed by atoms with Crippen LogP contribution in [0.2, 0.25) is 0 Å². The van der Waals surface area contributed by atoms with Gasteiger partial charge in [-0.2, -0.15) is 0 Å². The SMILES string of the molecule is C[C@@H](C(=O)Nc1cccc([N+](=O)[O-])c1)N(c1ccccc1)S(C)(=O)=O. The molecule has 132 valence electrons. The van der Waals surface area contributed by atoms with Crippen molar-refractivity contribution in [3.63, 3.8) is 0 Å². The van der Waals surface area contributed by atoms with Gasteiger partial charge in [-0.3, -0.25) is 19.2 Å². The van der Waals surface area contributed by atoms with Gasteiger partial charge in [-0.15, -0.1) is 0 Å². The highest BCUT2D eigenvalue weighted by molar-refractivity contribution is 7.92. The molecule has 0 spiro atoms. The number of carbonyl (C=O) groups excluding carboxylic acids is 1. The van der Waals surface area contributed by atoms with Crippen LogP contribution in [-0.4, -0.2) is 31.5 Å². The van der Waals surface area contributed by atoms with Gasteiger partial charge in [0.25, 0.3) is 5.69 Å². The average molecular weight is 363 g/mol. The molecule has 0 aliphatic heterocycles. The average Bonchev–Trinajstić information content (AvgIpc) is 2.54. The Morgan fingerprint density at radius 2 is 1.80 bits per heavy atom. The van der Waals surface area contributed by atoms with Crippen molar-refractivity contribution in [2.24, 2.45) is 0 Å². The number of hydrogen-bond acceptors (Lipinski definition) is 5. The molecule has 0 aliphatic rings. The second-order valence-electron chi connectivity index (χ2n) is 5.37. The number of anilines is 2. The van der Waals surface area contributed by atoms with Gasteiger partial charge in [0, 0.05) is 17.8 Å². The number of nitro groups is 1. The van der Waals surface area contributed by atoms with Gasteiger partial charge in [0.1, 0.15) is 6.04 Å². The molecule has 1 amide bonds. The molecule has 0 aromatic heterocycles. The third-order valence-corrected chi connectivity index (χ3v) is 4.67. The van der Waals surface area contributed by atoms with E-state index in [1.54, 1.807) is 30.3 Å². The quantitative estimate of drug-likeness (QED) is 0.626. The zero-order valence-corrected chi connectivity index (χ0v) is 14.4. The van der Waals surface area contributed by atoms with Gasteiger partial charge < -0.3 is 5.32 Å². The highest BCUT2D eigenvalue weighted by atomic mass is 32.2. The Morgan fingerprint density at radius 1 is 1.16 bits per heavy atom. The summed E-state index contributed by atoms with van der Waals surface area (Å²) in [7, 11) is -3.71. The topological polar surface area (TPSA) is 110 Å². The van der Waals surface area contributed by atoms with Crippen LogP contribution < -0.4 is 9.62 Å². The summed E-state index contributed by atoms with van der Waals surface area (Å²) in [6.07, 6.45) is 1.01. The highest BCUT2D eigenvalue weighted by Crippen LogP contribution is 2.22. The van der Waals surface area contributed by atoms with Crippen LogP contribution in [0.1, 0.15) is 6.92 Å². The van der Waals surface area contributed by atoms with Crippen LogP contribution in [-0.2, 0) is 14.8 Å². The largest absolute Gasteiger partial charge is 0.324 e. The van der Waals surface area contributed by atoms with Gasteiger partial charge in [0.2, 0.25) is 15.9 Å². The van der Waals surface area contributed by atoms with Crippen LogP contribution >= 0.6 is 0 Å². The Morgan fingerprint density at radius 3 is 2.36 bits per heavy atom. The van der Waals surface area contributed by atoms with Crippen LogP contribution in [0, 0.1) is 10.1 Å². The Kier molecular flexibility index (Phi) is 5.38. The predicted molar refractivity (Wildman–Crippen MR) is 95.0 cm³/mol. The van der Waals surface area contributed by atoms with Gasteiger partial charge in [0.05, 0.1) is 16.9 Å². The minimum absolute atomic E-state index is 0.173. The summed E-state index contributed by atoms with van der Waals surface area (Å²) in [6, 6.07) is 12.6. The van der Waals surface area contributed by atoms with Crippen LogP contribution in [0.3, 0.4) is 0 Å². The molecule has 0 unspecified atom stereocenters. The van der Waals surface area contributed by atoms with E-state index in [0.717, 1.165) is 10.6 Å². The Bertz CT molecular complexity index is 884. The van der Waals surface area contributed by atoms with Crippen LogP contribution in [0.15, 0.2) is 54.6 Å². The molecule has 0 saturated heterocycles. The first-order valence-electron chi connectivity index (χ1n) is 7.30. The first-order valence-corrected chi connectivity index (χ1v) is 9.15. The fourth-order valence-corrected chi connectivity index (χ4v) is 3.50. The number of nitrogens with zero attached hydrogens (tertiary/aromatic N) is 2. The predicted octanol–water partition coefficient (Wildman–Crippen LogP) is 2.39. The lowest BCUT2D eigenvalue weighted by molar-refractivity contribution is -0.384. The molecule has 2 rings (SSSR count). The standard InChI is InChI=1S/C16H17N3O5S/c1-12(18(25(2,23)24)14-8-4-3-5-9-14)16(20)17-13-7-6-10-15(11-13)19(21)22/h3-12H,1-2H3,(H,17,20)/t12-/m0/s1. The minimum atomic E-state index is -3.71. The van der Waals surface area contributed by atoms with E-state index in [9.17, 15) is 23.3 Å². The van der Waals surface area contributed by atoms with E-state index in [-0.39, 0.29) is 11.4 Å². The molecule has 1 N–H and O–H groups in total. The number of nitrogens with one attached hydrogen (secondary N) is 1. The number of sulfonamides is 1. The summed E-state index contributed by atoms with van der Waals surface area (Å²) < 4.78 is 25.3. The lowest BCUT2D eigenvalue weighted by Crippen LogP contribution is -2.45.